The molecule has 0 bridgehead atoms. The van der Waals surface area contributed by atoms with Crippen LogP contribution in [0, 0.1) is 0 Å². The average Bonchev–Trinajstić information content (AvgIpc) is 3.25. The van der Waals surface area contributed by atoms with Crippen molar-refractivity contribution in [1.82, 2.24) is 20.2 Å². The number of nitrogens with zero attached hydrogens (tertiary/aromatic N) is 2. The molecular weight excluding hydrogens is 378 g/mol. The molecule has 0 spiro atoms. The van der Waals surface area contributed by atoms with E-state index < -0.39 is 0 Å². The van der Waals surface area contributed by atoms with E-state index in [0.29, 0.717) is 12.0 Å². The summed E-state index contributed by atoms with van der Waals surface area (Å²) in [6.07, 6.45) is 8.42. The minimum Gasteiger partial charge on any atom is -0.374 e. The maximum Gasteiger partial charge on any atom is 0.351 e. The van der Waals surface area contributed by atoms with Gasteiger partial charge in [0.05, 0.1) is 29.5 Å². The largest absolute Gasteiger partial charge is 0.374 e. The summed E-state index contributed by atoms with van der Waals surface area (Å²) in [6, 6.07) is 6.60. The third-order valence-electron chi connectivity index (χ3n) is 5.54. The lowest BCUT2D eigenvalue weighted by Crippen LogP contribution is -2.20. The zero-order chi connectivity index (χ0) is 20.5. The Morgan fingerprint density at radius 1 is 1.33 bits per heavy atom. The van der Waals surface area contributed by atoms with E-state index in [0.717, 1.165) is 58.5 Å². The second kappa shape index (κ2) is 7.95. The molecule has 1 unspecified atom stereocenters. The van der Waals surface area contributed by atoms with E-state index in [4.69, 9.17) is 9.72 Å². The second-order valence-corrected chi connectivity index (χ2v) is 8.01. The predicted molar refractivity (Wildman–Crippen MR) is 118 cm³/mol. The van der Waals surface area contributed by atoms with Crippen LogP contribution in [0.1, 0.15) is 51.2 Å². The van der Waals surface area contributed by atoms with Gasteiger partial charge in [0.25, 0.3) is 0 Å². The van der Waals surface area contributed by atoms with Crippen molar-refractivity contribution in [2.75, 3.05) is 17.2 Å². The molecule has 0 radical (unpaired) electrons. The number of anilines is 3. The zero-order valence-electron chi connectivity index (χ0n) is 17.4. The first-order valence-electron chi connectivity index (χ1n) is 10.7. The molecule has 5 rings (SSSR count). The van der Waals surface area contributed by atoms with E-state index >= 15 is 0 Å². The lowest BCUT2D eigenvalue weighted by Gasteiger charge is -2.13. The minimum atomic E-state index is 0.00171. The number of hydrogen-bond acceptors (Lipinski definition) is 5. The summed E-state index contributed by atoms with van der Waals surface area (Å²) >= 11 is 0. The van der Waals surface area contributed by atoms with E-state index in [1.54, 1.807) is 0 Å². The van der Waals surface area contributed by atoms with Crippen LogP contribution in [-0.2, 0) is 4.74 Å². The number of ether oxygens (including phenoxy) is 1. The fourth-order valence-corrected chi connectivity index (χ4v) is 3.66. The molecule has 1 saturated carbocycles. The summed E-state index contributed by atoms with van der Waals surface area (Å²) in [5, 5.41) is 16.3. The summed E-state index contributed by atoms with van der Waals surface area (Å²) in [5.41, 5.74) is 3.88. The van der Waals surface area contributed by atoms with Crippen LogP contribution in [0.4, 0.5) is 17.5 Å². The number of fused-ring (bicyclic) bond motifs is 2. The first-order valence-corrected chi connectivity index (χ1v) is 10.7. The lowest BCUT2D eigenvalue weighted by molar-refractivity contribution is -0.345. The third kappa shape index (κ3) is 3.82. The van der Waals surface area contributed by atoms with Crippen molar-refractivity contribution < 1.29 is 9.72 Å². The van der Waals surface area contributed by atoms with Gasteiger partial charge in [-0.05, 0) is 44.4 Å². The fourth-order valence-electron chi connectivity index (χ4n) is 3.66. The molecule has 1 atom stereocenters. The summed E-state index contributed by atoms with van der Waals surface area (Å²) in [5.74, 6) is 1.66. The van der Waals surface area contributed by atoms with Gasteiger partial charge in [-0.25, -0.2) is 4.98 Å². The van der Waals surface area contributed by atoms with Gasteiger partial charge >= 0.3 is 5.95 Å². The van der Waals surface area contributed by atoms with E-state index in [9.17, 15) is 0 Å². The Kier molecular flexibility index (Phi) is 5.00. The number of H-pyrrole nitrogens is 3. The van der Waals surface area contributed by atoms with Crippen molar-refractivity contribution in [3.8, 4) is 0 Å². The summed E-state index contributed by atoms with van der Waals surface area (Å²) in [6.45, 7) is 5.04. The number of rotatable bonds is 9. The molecule has 4 aromatic rings. The number of unbranched alkanes of at least 4 members (excludes halogenated alkanes) is 1. The average molecular weight is 407 g/mol. The smallest absolute Gasteiger partial charge is 0.351 e. The highest BCUT2D eigenvalue weighted by atomic mass is 16.5. The van der Waals surface area contributed by atoms with Crippen LogP contribution in [0.25, 0.3) is 21.9 Å². The van der Waals surface area contributed by atoms with Gasteiger partial charge in [-0.15, -0.1) is 0 Å². The quantitative estimate of drug-likeness (QED) is 0.307. The molecule has 156 valence electrons. The normalized spacial score (nSPS) is 15.0. The summed E-state index contributed by atoms with van der Waals surface area (Å²) in [7, 11) is 0. The van der Waals surface area contributed by atoms with Gasteiger partial charge in [-0.2, -0.15) is 5.10 Å². The maximum atomic E-state index is 6.06. The standard InChI is InChI=1S/C22H27N7O/c1-3-4-9-30-13(2)17-12-23-20-19(17)21(25-15-7-8-15)28-22(27-20)26-16-6-5-14-11-24-29-18(14)10-16/h5-6,10-13,15H,3-4,7-9H2,1-2H3,(H,24,29)(H3,23,25,26,27,28)/p+1. The Bertz CT molecular complexity index is 1160. The van der Waals surface area contributed by atoms with Gasteiger partial charge in [0.15, 0.2) is 0 Å². The fraction of sp³-hybridized carbons (Fsp3) is 0.409. The van der Waals surface area contributed by atoms with Gasteiger partial charge < -0.3 is 15.0 Å². The topological polar surface area (TPSA) is 105 Å². The lowest BCUT2D eigenvalue weighted by atomic mass is 10.1. The Balaban J connectivity index is 1.47. The highest BCUT2D eigenvalue weighted by Gasteiger charge is 2.28. The van der Waals surface area contributed by atoms with Crippen LogP contribution in [0.5, 0.6) is 0 Å². The van der Waals surface area contributed by atoms with E-state index in [-0.39, 0.29) is 6.10 Å². The minimum absolute atomic E-state index is 0.00171. The molecule has 0 saturated heterocycles. The summed E-state index contributed by atoms with van der Waals surface area (Å²) in [4.78, 5) is 11.6. The summed E-state index contributed by atoms with van der Waals surface area (Å²) < 4.78 is 6.06. The number of benzene rings is 1. The van der Waals surface area contributed by atoms with Crippen LogP contribution in [0.15, 0.2) is 30.6 Å². The SMILES string of the molecule is CCCCOC(C)c1c[nH]c2nc(Nc3ccc4cn[nH]c4c3)[nH+]c(NC3CC3)c12. The van der Waals surface area contributed by atoms with Crippen molar-refractivity contribution in [2.24, 2.45) is 0 Å². The third-order valence-corrected chi connectivity index (χ3v) is 5.54. The van der Waals surface area contributed by atoms with Gasteiger partial charge in [-0.3, -0.25) is 10.4 Å². The van der Waals surface area contributed by atoms with Gasteiger partial charge in [-0.1, -0.05) is 18.3 Å². The zero-order valence-corrected chi connectivity index (χ0v) is 17.4. The van der Waals surface area contributed by atoms with Crippen LogP contribution in [0.3, 0.4) is 0 Å². The van der Waals surface area contributed by atoms with E-state index in [2.05, 4.69) is 44.6 Å². The highest BCUT2D eigenvalue weighted by molar-refractivity contribution is 5.90. The molecule has 0 amide bonds. The molecule has 1 fully saturated rings. The molecule has 0 aliphatic heterocycles. The molecule has 1 aromatic carbocycles. The molecule has 3 heterocycles. The molecule has 1 aliphatic rings. The second-order valence-electron chi connectivity index (χ2n) is 8.01. The van der Waals surface area contributed by atoms with Crippen LogP contribution < -0.4 is 15.6 Å². The number of aromatic nitrogens is 5. The van der Waals surface area contributed by atoms with Crippen molar-refractivity contribution in [1.29, 1.82) is 0 Å². The molecular formula is C22H28N7O+. The molecule has 5 N–H and O–H groups in total. The van der Waals surface area contributed by atoms with E-state index in [1.807, 2.05) is 30.6 Å². The maximum absolute atomic E-state index is 6.06. The van der Waals surface area contributed by atoms with Crippen molar-refractivity contribution in [3.63, 3.8) is 0 Å². The molecule has 8 nitrogen and oxygen atoms in total. The van der Waals surface area contributed by atoms with Crippen LogP contribution >= 0.6 is 0 Å². The Morgan fingerprint density at radius 3 is 3.07 bits per heavy atom. The first kappa shape index (κ1) is 18.9. The van der Waals surface area contributed by atoms with Crippen molar-refractivity contribution in [3.05, 3.63) is 36.2 Å². The first-order chi connectivity index (χ1) is 14.7. The van der Waals surface area contributed by atoms with Crippen molar-refractivity contribution in [2.45, 2.75) is 51.7 Å². The van der Waals surface area contributed by atoms with Crippen molar-refractivity contribution >= 4 is 39.4 Å². The number of hydrogen-bond donors (Lipinski definition) is 4. The predicted octanol–water partition coefficient (Wildman–Crippen LogP) is 4.45. The Morgan fingerprint density at radius 2 is 2.23 bits per heavy atom. The monoisotopic (exact) mass is 406 g/mol. The Hall–Kier alpha value is -3.13. The highest BCUT2D eigenvalue weighted by Crippen LogP contribution is 2.33. The number of nitrogens with one attached hydrogen (secondary N) is 5. The van der Waals surface area contributed by atoms with Gasteiger partial charge in [0.2, 0.25) is 11.5 Å². The molecule has 8 heteroatoms. The van der Waals surface area contributed by atoms with Crippen LogP contribution in [0.2, 0.25) is 0 Å². The molecule has 3 aromatic heterocycles. The Labute approximate surface area is 174 Å². The van der Waals surface area contributed by atoms with E-state index in [1.165, 1.54) is 12.8 Å². The van der Waals surface area contributed by atoms with Gasteiger partial charge in [0, 0.05) is 23.8 Å². The van der Waals surface area contributed by atoms with Crippen LogP contribution in [-0.4, -0.2) is 32.8 Å². The number of aromatic amines is 3. The molecule has 1 aliphatic carbocycles. The van der Waals surface area contributed by atoms with Gasteiger partial charge in [0.1, 0.15) is 5.39 Å². The molecule has 30 heavy (non-hydrogen) atoms.